The van der Waals surface area contributed by atoms with Crippen LogP contribution in [0.25, 0.3) is 0 Å². The number of hydrogen-bond donors (Lipinski definition) is 3. The summed E-state index contributed by atoms with van der Waals surface area (Å²) in [5.74, 6) is -0.880. The molecule has 9 heteroatoms. The lowest BCUT2D eigenvalue weighted by molar-refractivity contribution is -0.136. The number of rotatable bonds is 4. The Hall–Kier alpha value is -2.48. The van der Waals surface area contributed by atoms with E-state index in [2.05, 4.69) is 16.0 Å². The number of ether oxygens (including phenoxy) is 1. The van der Waals surface area contributed by atoms with Gasteiger partial charge in [0.1, 0.15) is 5.75 Å². The molecule has 0 unspecified atom stereocenters. The Balaban J connectivity index is 1.78. The van der Waals surface area contributed by atoms with Crippen molar-refractivity contribution in [1.82, 2.24) is 15.5 Å². The monoisotopic (exact) mass is 424 g/mol. The molecule has 4 amide bonds. The molecule has 1 aliphatic rings. The molecule has 8 nitrogen and oxygen atoms in total. The Kier molecular flexibility index (Phi) is 7.73. The first kappa shape index (κ1) is 22.8. The molecule has 1 aromatic carbocycles. The van der Waals surface area contributed by atoms with Gasteiger partial charge in [-0.25, -0.2) is 4.79 Å². The number of urea groups is 1. The number of nitrogens with zero attached hydrogens (tertiary/aromatic N) is 1. The zero-order valence-electron chi connectivity index (χ0n) is 17.3. The van der Waals surface area contributed by atoms with Crippen LogP contribution in [0.5, 0.6) is 5.75 Å². The average Bonchev–Trinajstić information content (AvgIpc) is 2.65. The number of hydrogen-bond acceptors (Lipinski definition) is 4. The minimum absolute atomic E-state index is 0.0742. The fourth-order valence-electron chi connectivity index (χ4n) is 3.01. The van der Waals surface area contributed by atoms with E-state index in [9.17, 15) is 14.4 Å². The summed E-state index contributed by atoms with van der Waals surface area (Å²) in [6, 6.07) is 4.68. The molecule has 0 radical (unpaired) electrons. The number of halogens is 1. The van der Waals surface area contributed by atoms with Gasteiger partial charge in [0.25, 0.3) is 0 Å². The molecule has 0 bridgehead atoms. The number of nitrogens with one attached hydrogen (secondary N) is 3. The van der Waals surface area contributed by atoms with Crippen LogP contribution in [-0.4, -0.2) is 55.0 Å². The highest BCUT2D eigenvalue weighted by atomic mass is 35.5. The summed E-state index contributed by atoms with van der Waals surface area (Å²) < 4.78 is 5.15. The van der Waals surface area contributed by atoms with Crippen molar-refractivity contribution < 1.29 is 19.1 Å². The molecule has 1 aliphatic heterocycles. The van der Waals surface area contributed by atoms with Gasteiger partial charge in [-0.3, -0.25) is 9.59 Å². The third-order valence-corrected chi connectivity index (χ3v) is 4.79. The highest BCUT2D eigenvalue weighted by molar-refractivity contribution is 6.40. The first-order valence-electron chi connectivity index (χ1n) is 9.59. The molecule has 1 heterocycles. The van der Waals surface area contributed by atoms with Gasteiger partial charge in [0.2, 0.25) is 0 Å². The number of likely N-dealkylation sites (tertiary alicyclic amines) is 1. The minimum atomic E-state index is -0.785. The van der Waals surface area contributed by atoms with Crippen molar-refractivity contribution in [2.75, 3.05) is 32.1 Å². The van der Waals surface area contributed by atoms with Gasteiger partial charge in [-0.1, -0.05) is 11.6 Å². The molecule has 1 aromatic rings. The molecule has 1 saturated heterocycles. The van der Waals surface area contributed by atoms with E-state index in [0.717, 1.165) is 12.8 Å². The summed E-state index contributed by atoms with van der Waals surface area (Å²) in [5.41, 5.74) is 0.0549. The maximum absolute atomic E-state index is 12.2. The zero-order valence-corrected chi connectivity index (χ0v) is 18.1. The van der Waals surface area contributed by atoms with Gasteiger partial charge >= 0.3 is 17.8 Å². The molecule has 160 valence electrons. The summed E-state index contributed by atoms with van der Waals surface area (Å²) >= 11 is 5.93. The molecule has 0 spiro atoms. The van der Waals surface area contributed by atoms with Crippen molar-refractivity contribution in [2.45, 2.75) is 39.2 Å². The molecule has 2 rings (SSSR count). The third kappa shape index (κ3) is 7.12. The topological polar surface area (TPSA) is 99.8 Å². The Bertz CT molecular complexity index is 755. The molecule has 3 N–H and O–H groups in total. The number of anilines is 1. The predicted molar refractivity (Wildman–Crippen MR) is 112 cm³/mol. The fraction of sp³-hybridized carbons (Fsp3) is 0.550. The second kappa shape index (κ2) is 9.82. The van der Waals surface area contributed by atoms with E-state index < -0.39 is 11.8 Å². The smallest absolute Gasteiger partial charge is 0.317 e. The second-order valence-corrected chi connectivity index (χ2v) is 8.56. The van der Waals surface area contributed by atoms with Crippen LogP contribution in [0.3, 0.4) is 0 Å². The maximum Gasteiger partial charge on any atom is 0.317 e. The molecule has 0 aliphatic carbocycles. The number of piperidine rings is 1. The predicted octanol–water partition coefficient (Wildman–Crippen LogP) is 2.62. The number of benzene rings is 1. The summed E-state index contributed by atoms with van der Waals surface area (Å²) in [4.78, 5) is 38.3. The van der Waals surface area contributed by atoms with Gasteiger partial charge in [0, 0.05) is 30.2 Å². The largest absolute Gasteiger partial charge is 0.495 e. The Morgan fingerprint density at radius 3 is 2.41 bits per heavy atom. The van der Waals surface area contributed by atoms with Crippen LogP contribution in [0.2, 0.25) is 5.02 Å². The van der Waals surface area contributed by atoms with Crippen molar-refractivity contribution in [1.29, 1.82) is 0 Å². The first-order chi connectivity index (χ1) is 13.6. The molecule has 0 saturated carbocycles. The van der Waals surface area contributed by atoms with Gasteiger partial charge in [-0.15, -0.1) is 0 Å². The second-order valence-electron chi connectivity index (χ2n) is 8.12. The van der Waals surface area contributed by atoms with Crippen LogP contribution >= 0.6 is 11.6 Å². The van der Waals surface area contributed by atoms with E-state index in [-0.39, 0.29) is 17.5 Å². The van der Waals surface area contributed by atoms with E-state index >= 15 is 0 Å². The lowest BCUT2D eigenvalue weighted by Crippen LogP contribution is -2.51. The molecular weight excluding hydrogens is 396 g/mol. The van der Waals surface area contributed by atoms with Crippen LogP contribution in [0.1, 0.15) is 33.6 Å². The zero-order chi connectivity index (χ0) is 21.6. The Labute approximate surface area is 176 Å². The Morgan fingerprint density at radius 2 is 1.83 bits per heavy atom. The van der Waals surface area contributed by atoms with Gasteiger partial charge in [0.15, 0.2) is 0 Å². The summed E-state index contributed by atoms with van der Waals surface area (Å²) in [6.45, 7) is 7.45. The standard InChI is InChI=1S/C20H29ClN4O4/c1-20(2,3)24-19(28)25-9-7-13(8-10-25)12-22-17(26)18(27)23-15-11-14(21)5-6-16(15)29-4/h5-6,11,13H,7-10,12H2,1-4H3,(H,22,26)(H,23,27)(H,24,28). The third-order valence-electron chi connectivity index (χ3n) is 4.55. The molecular formula is C20H29ClN4O4. The SMILES string of the molecule is COc1ccc(Cl)cc1NC(=O)C(=O)NCC1CCN(C(=O)NC(C)(C)C)CC1. The van der Waals surface area contributed by atoms with Crippen molar-refractivity contribution in [3.8, 4) is 5.75 Å². The van der Waals surface area contributed by atoms with E-state index in [1.54, 1.807) is 17.0 Å². The molecule has 0 aromatic heterocycles. The van der Waals surface area contributed by atoms with Gasteiger partial charge < -0.3 is 25.6 Å². The van der Waals surface area contributed by atoms with E-state index in [1.165, 1.54) is 13.2 Å². The van der Waals surface area contributed by atoms with E-state index in [4.69, 9.17) is 16.3 Å². The first-order valence-corrected chi connectivity index (χ1v) is 9.96. The molecule has 1 fully saturated rings. The van der Waals surface area contributed by atoms with Crippen LogP contribution < -0.4 is 20.7 Å². The highest BCUT2D eigenvalue weighted by Gasteiger charge is 2.26. The molecule has 29 heavy (non-hydrogen) atoms. The van der Waals surface area contributed by atoms with Crippen molar-refractivity contribution in [2.24, 2.45) is 5.92 Å². The normalized spacial score (nSPS) is 14.9. The minimum Gasteiger partial charge on any atom is -0.495 e. The number of methoxy groups -OCH3 is 1. The number of amides is 4. The fourth-order valence-corrected chi connectivity index (χ4v) is 3.19. The van der Waals surface area contributed by atoms with Crippen molar-refractivity contribution in [3.05, 3.63) is 23.2 Å². The van der Waals surface area contributed by atoms with Crippen LogP contribution in [0.4, 0.5) is 10.5 Å². The Morgan fingerprint density at radius 1 is 1.17 bits per heavy atom. The quantitative estimate of drug-likeness (QED) is 0.647. The van der Waals surface area contributed by atoms with Gasteiger partial charge in [-0.05, 0) is 57.7 Å². The summed E-state index contributed by atoms with van der Waals surface area (Å²) in [6.07, 6.45) is 1.53. The van der Waals surface area contributed by atoms with E-state index in [1.807, 2.05) is 20.8 Å². The van der Waals surface area contributed by atoms with Gasteiger partial charge in [0.05, 0.1) is 12.8 Å². The lowest BCUT2D eigenvalue weighted by Gasteiger charge is -2.34. The maximum atomic E-state index is 12.2. The van der Waals surface area contributed by atoms with Crippen LogP contribution in [-0.2, 0) is 9.59 Å². The number of carbonyl (C=O) groups is 3. The number of carbonyl (C=O) groups excluding carboxylic acids is 3. The lowest BCUT2D eigenvalue weighted by atomic mass is 9.97. The van der Waals surface area contributed by atoms with Crippen molar-refractivity contribution >= 4 is 35.1 Å². The van der Waals surface area contributed by atoms with E-state index in [0.29, 0.717) is 36.1 Å². The summed E-state index contributed by atoms with van der Waals surface area (Å²) in [5, 5.41) is 8.54. The average molecular weight is 425 g/mol. The van der Waals surface area contributed by atoms with Gasteiger partial charge in [-0.2, -0.15) is 0 Å². The van der Waals surface area contributed by atoms with Crippen LogP contribution in [0, 0.1) is 5.92 Å². The highest BCUT2D eigenvalue weighted by Crippen LogP contribution is 2.27. The van der Waals surface area contributed by atoms with Crippen LogP contribution in [0.15, 0.2) is 18.2 Å². The summed E-state index contributed by atoms with van der Waals surface area (Å²) in [7, 11) is 1.47. The van der Waals surface area contributed by atoms with Crippen molar-refractivity contribution in [3.63, 3.8) is 0 Å². The molecule has 0 atom stereocenters.